The van der Waals surface area contributed by atoms with Crippen molar-refractivity contribution in [2.45, 2.75) is 24.0 Å². The van der Waals surface area contributed by atoms with Gasteiger partial charge in [0.25, 0.3) is 5.91 Å². The van der Waals surface area contributed by atoms with Gasteiger partial charge in [0.1, 0.15) is 5.82 Å². The zero-order chi connectivity index (χ0) is 20.2. The molecule has 0 atom stereocenters. The van der Waals surface area contributed by atoms with Crippen LogP contribution in [0.1, 0.15) is 29.2 Å². The van der Waals surface area contributed by atoms with E-state index in [2.05, 4.69) is 21.0 Å². The van der Waals surface area contributed by atoms with Crippen LogP contribution in [0.2, 0.25) is 0 Å². The van der Waals surface area contributed by atoms with Gasteiger partial charge in [0.05, 0.1) is 11.3 Å². The van der Waals surface area contributed by atoms with Gasteiger partial charge in [-0.25, -0.2) is 4.39 Å². The Morgan fingerprint density at radius 3 is 2.48 bits per heavy atom. The van der Waals surface area contributed by atoms with Gasteiger partial charge in [-0.1, -0.05) is 42.1 Å². The number of carbonyl (C=O) groups is 2. The summed E-state index contributed by atoms with van der Waals surface area (Å²) < 4.78 is 16.1. The second-order valence-electron chi connectivity index (χ2n) is 6.54. The van der Waals surface area contributed by atoms with Crippen LogP contribution in [0.5, 0.6) is 0 Å². The van der Waals surface area contributed by atoms with Crippen molar-refractivity contribution in [3.63, 3.8) is 0 Å². The molecular weight excluding hydrogens is 393 g/mol. The number of hydrogen-bond donors (Lipinski definition) is 2. The third-order valence-electron chi connectivity index (χ3n) is 4.38. The molecule has 2 N–H and O–H groups in total. The van der Waals surface area contributed by atoms with Crippen molar-refractivity contribution in [2.24, 2.45) is 0 Å². The Kier molecular flexibility index (Phi) is 5.57. The molecule has 1 heterocycles. The maximum absolute atomic E-state index is 14.2. The molecule has 4 rings (SSSR count). The Labute approximate surface area is 170 Å². The molecule has 2 aromatic carbocycles. The first-order chi connectivity index (χ1) is 14.1. The first kappa shape index (κ1) is 19.1. The van der Waals surface area contributed by atoms with Crippen molar-refractivity contribution in [3.05, 3.63) is 66.0 Å². The van der Waals surface area contributed by atoms with Crippen LogP contribution in [0.15, 0.2) is 59.8 Å². The van der Waals surface area contributed by atoms with Crippen LogP contribution in [-0.2, 0) is 4.79 Å². The number of nitrogens with zero attached hydrogens (tertiary/aromatic N) is 3. The Morgan fingerprint density at radius 1 is 1.03 bits per heavy atom. The lowest BCUT2D eigenvalue weighted by atomic mass is 10.2. The molecule has 1 aromatic heterocycles. The van der Waals surface area contributed by atoms with Crippen molar-refractivity contribution in [1.82, 2.24) is 25.6 Å². The van der Waals surface area contributed by atoms with E-state index >= 15 is 0 Å². The number of hydrazine groups is 1. The average molecular weight is 411 g/mol. The second kappa shape index (κ2) is 8.44. The van der Waals surface area contributed by atoms with E-state index in [9.17, 15) is 14.0 Å². The molecule has 0 aliphatic heterocycles. The second-order valence-corrected chi connectivity index (χ2v) is 7.49. The number of aromatic nitrogens is 3. The van der Waals surface area contributed by atoms with E-state index in [-0.39, 0.29) is 23.5 Å². The molecule has 0 saturated heterocycles. The molecule has 9 heteroatoms. The highest BCUT2D eigenvalue weighted by atomic mass is 32.2. The summed E-state index contributed by atoms with van der Waals surface area (Å²) in [6.45, 7) is 0. The summed E-state index contributed by atoms with van der Waals surface area (Å²) >= 11 is 1.20. The fraction of sp³-hybridized carbons (Fsp3) is 0.200. The van der Waals surface area contributed by atoms with Crippen LogP contribution >= 0.6 is 11.8 Å². The monoisotopic (exact) mass is 411 g/mol. The minimum atomic E-state index is -0.396. The molecular formula is C20H18FN5O2S. The molecule has 7 nitrogen and oxygen atoms in total. The predicted molar refractivity (Wildman–Crippen MR) is 106 cm³/mol. The normalized spacial score (nSPS) is 13.1. The highest BCUT2D eigenvalue weighted by Gasteiger charge is 2.31. The van der Waals surface area contributed by atoms with Gasteiger partial charge in [0.15, 0.2) is 11.0 Å². The molecule has 0 spiro atoms. The van der Waals surface area contributed by atoms with Crippen LogP contribution in [0.3, 0.4) is 0 Å². The van der Waals surface area contributed by atoms with E-state index < -0.39 is 5.91 Å². The number of rotatable bonds is 6. The van der Waals surface area contributed by atoms with Crippen molar-refractivity contribution in [1.29, 1.82) is 0 Å². The lowest BCUT2D eigenvalue weighted by molar-refractivity contribution is -0.119. The molecule has 3 aromatic rings. The molecule has 0 radical (unpaired) electrons. The number of amides is 2. The molecule has 0 bridgehead atoms. The summed E-state index contributed by atoms with van der Waals surface area (Å²) in [5, 5.41) is 8.85. The maximum atomic E-state index is 14.2. The molecule has 1 saturated carbocycles. The maximum Gasteiger partial charge on any atom is 0.269 e. The van der Waals surface area contributed by atoms with E-state index in [1.165, 1.54) is 17.8 Å². The topological polar surface area (TPSA) is 88.9 Å². The standard InChI is InChI=1S/C20H18FN5O2S/c21-16-9-5-4-8-15(16)18-23-25-20(26(18)14-10-11-14)29-12-17(27)22-24-19(28)13-6-2-1-3-7-13/h1-9,14H,10-12H2,(H,22,27)(H,24,28). The number of benzene rings is 2. The minimum absolute atomic E-state index is 0.0389. The van der Waals surface area contributed by atoms with Crippen LogP contribution in [0.4, 0.5) is 4.39 Å². The smallest absolute Gasteiger partial charge is 0.269 e. The predicted octanol–water partition coefficient (Wildman–Crippen LogP) is 2.97. The van der Waals surface area contributed by atoms with Gasteiger partial charge in [-0.15, -0.1) is 10.2 Å². The van der Waals surface area contributed by atoms with E-state index in [4.69, 9.17) is 0 Å². The van der Waals surface area contributed by atoms with Crippen molar-refractivity contribution in [2.75, 3.05) is 5.75 Å². The zero-order valence-electron chi connectivity index (χ0n) is 15.3. The Hall–Kier alpha value is -3.20. The van der Waals surface area contributed by atoms with E-state index in [0.717, 1.165) is 12.8 Å². The Morgan fingerprint density at radius 2 is 1.76 bits per heavy atom. The SMILES string of the molecule is O=C(CSc1nnc(-c2ccccc2F)n1C1CC1)NNC(=O)c1ccccc1. The third-order valence-corrected chi connectivity index (χ3v) is 5.32. The van der Waals surface area contributed by atoms with Gasteiger partial charge in [-0.3, -0.25) is 25.0 Å². The molecule has 0 unspecified atom stereocenters. The van der Waals surface area contributed by atoms with E-state index in [0.29, 0.717) is 22.1 Å². The number of halogens is 1. The van der Waals surface area contributed by atoms with E-state index in [1.807, 2.05) is 4.57 Å². The van der Waals surface area contributed by atoms with Crippen LogP contribution in [0, 0.1) is 5.82 Å². The lowest BCUT2D eigenvalue weighted by Crippen LogP contribution is -2.42. The molecule has 1 aliphatic carbocycles. The number of carbonyl (C=O) groups excluding carboxylic acids is 2. The largest absolute Gasteiger partial charge is 0.299 e. The summed E-state index contributed by atoms with van der Waals surface area (Å²) in [6, 6.07) is 15.2. The Balaban J connectivity index is 1.39. The highest BCUT2D eigenvalue weighted by Crippen LogP contribution is 2.41. The quantitative estimate of drug-likeness (QED) is 0.481. The third kappa shape index (κ3) is 4.45. The minimum Gasteiger partial charge on any atom is -0.299 e. The van der Waals surface area contributed by atoms with Crippen molar-refractivity contribution in [3.8, 4) is 11.4 Å². The first-order valence-electron chi connectivity index (χ1n) is 9.10. The highest BCUT2D eigenvalue weighted by molar-refractivity contribution is 7.99. The van der Waals surface area contributed by atoms with Gasteiger partial charge >= 0.3 is 0 Å². The fourth-order valence-electron chi connectivity index (χ4n) is 2.82. The number of hydrogen-bond acceptors (Lipinski definition) is 5. The van der Waals surface area contributed by atoms with Gasteiger partial charge in [-0.2, -0.15) is 0 Å². The number of thioether (sulfide) groups is 1. The van der Waals surface area contributed by atoms with Gasteiger partial charge in [0.2, 0.25) is 5.91 Å². The van der Waals surface area contributed by atoms with Crippen molar-refractivity contribution >= 4 is 23.6 Å². The van der Waals surface area contributed by atoms with Crippen molar-refractivity contribution < 1.29 is 14.0 Å². The molecule has 1 fully saturated rings. The summed E-state index contributed by atoms with van der Waals surface area (Å²) in [5.41, 5.74) is 5.60. The number of nitrogens with one attached hydrogen (secondary N) is 2. The summed E-state index contributed by atoms with van der Waals surface area (Å²) in [7, 11) is 0. The molecule has 29 heavy (non-hydrogen) atoms. The van der Waals surface area contributed by atoms with Crippen LogP contribution < -0.4 is 10.9 Å². The Bertz CT molecular complexity index is 1040. The van der Waals surface area contributed by atoms with Gasteiger partial charge < -0.3 is 0 Å². The molecule has 1 aliphatic rings. The fourth-order valence-corrected chi connectivity index (χ4v) is 3.62. The summed E-state index contributed by atoms with van der Waals surface area (Å²) in [5.74, 6) is -0.633. The summed E-state index contributed by atoms with van der Waals surface area (Å²) in [6.07, 6.45) is 1.93. The zero-order valence-corrected chi connectivity index (χ0v) is 16.2. The lowest BCUT2D eigenvalue weighted by Gasteiger charge is -2.10. The van der Waals surface area contributed by atoms with Gasteiger partial charge in [-0.05, 0) is 37.1 Å². The molecule has 148 valence electrons. The van der Waals surface area contributed by atoms with E-state index in [1.54, 1.807) is 48.5 Å². The average Bonchev–Trinajstić information content (AvgIpc) is 3.50. The molecule has 2 amide bonds. The van der Waals surface area contributed by atoms with Crippen LogP contribution in [-0.4, -0.2) is 32.3 Å². The van der Waals surface area contributed by atoms with Crippen LogP contribution in [0.25, 0.3) is 11.4 Å². The van der Waals surface area contributed by atoms with Gasteiger partial charge in [0, 0.05) is 11.6 Å². The summed E-state index contributed by atoms with van der Waals surface area (Å²) in [4.78, 5) is 24.1. The first-order valence-corrected chi connectivity index (χ1v) is 10.1.